The number of nitrogens with two attached hydrogens (primary N) is 1. The Bertz CT molecular complexity index is 644. The van der Waals surface area contributed by atoms with Crippen LogP contribution < -0.4 is 11.1 Å². The Morgan fingerprint density at radius 2 is 1.85 bits per heavy atom. The monoisotopic (exact) mass is 396 g/mol. The largest absolute Gasteiger partial charge is 0.398 e. The summed E-state index contributed by atoms with van der Waals surface area (Å²) in [5.74, 6) is -0.146. The molecule has 2 rings (SSSR count). The van der Waals surface area contributed by atoms with Gasteiger partial charge in [0, 0.05) is 20.2 Å². The second-order valence-electron chi connectivity index (χ2n) is 4.45. The molecule has 1 atom stereocenters. The van der Waals surface area contributed by atoms with Crippen LogP contribution in [0.5, 0.6) is 0 Å². The molecule has 0 aromatic heterocycles. The van der Waals surface area contributed by atoms with Crippen LogP contribution in [0.3, 0.4) is 0 Å². The van der Waals surface area contributed by atoms with Crippen LogP contribution in [0.25, 0.3) is 0 Å². The highest BCUT2D eigenvalue weighted by Gasteiger charge is 2.14. The van der Waals surface area contributed by atoms with E-state index in [2.05, 4.69) is 37.2 Å². The summed E-state index contributed by atoms with van der Waals surface area (Å²) in [5.41, 5.74) is 7.92. The number of nitrogen functional groups attached to an aromatic ring is 1. The minimum atomic E-state index is -0.146. The molecule has 3 nitrogen and oxygen atoms in total. The first-order valence-corrected chi connectivity index (χ1v) is 7.68. The predicted molar refractivity (Wildman–Crippen MR) is 88.6 cm³/mol. The lowest BCUT2D eigenvalue weighted by molar-refractivity contribution is 0.0940. The smallest absolute Gasteiger partial charge is 0.251 e. The van der Waals surface area contributed by atoms with Crippen molar-refractivity contribution in [3.05, 3.63) is 62.5 Å². The number of carbonyl (C=O) groups excluding carboxylic acids is 1. The van der Waals surface area contributed by atoms with Crippen molar-refractivity contribution in [1.29, 1.82) is 0 Å². The number of hydrogen-bond donors (Lipinski definition) is 2. The van der Waals surface area contributed by atoms with Crippen LogP contribution >= 0.6 is 31.9 Å². The van der Waals surface area contributed by atoms with Crippen LogP contribution in [0.4, 0.5) is 5.69 Å². The van der Waals surface area contributed by atoms with Crippen molar-refractivity contribution in [1.82, 2.24) is 5.32 Å². The molecule has 0 aliphatic carbocycles. The lowest BCUT2D eigenvalue weighted by Crippen LogP contribution is -2.26. The van der Waals surface area contributed by atoms with Crippen molar-refractivity contribution in [3.63, 3.8) is 0 Å². The third-order valence-electron chi connectivity index (χ3n) is 2.98. The highest BCUT2D eigenvalue weighted by Crippen LogP contribution is 2.24. The molecule has 0 radical (unpaired) electrons. The molecular formula is C15H14Br2N2O. The minimum absolute atomic E-state index is 0.0945. The van der Waals surface area contributed by atoms with Crippen LogP contribution in [0.1, 0.15) is 28.9 Å². The zero-order chi connectivity index (χ0) is 14.7. The molecule has 0 fully saturated rings. The molecule has 0 saturated heterocycles. The van der Waals surface area contributed by atoms with Crippen molar-refractivity contribution in [2.75, 3.05) is 5.73 Å². The molecule has 0 spiro atoms. The van der Waals surface area contributed by atoms with Crippen molar-refractivity contribution in [2.24, 2.45) is 0 Å². The molecule has 2 aromatic rings. The van der Waals surface area contributed by atoms with E-state index in [0.717, 1.165) is 14.5 Å². The highest BCUT2D eigenvalue weighted by molar-refractivity contribution is 9.10. The average Bonchev–Trinajstić information content (AvgIpc) is 2.42. The summed E-state index contributed by atoms with van der Waals surface area (Å²) in [6.45, 7) is 1.94. The molecule has 20 heavy (non-hydrogen) atoms. The van der Waals surface area contributed by atoms with Gasteiger partial charge in [-0.25, -0.2) is 0 Å². The van der Waals surface area contributed by atoms with Gasteiger partial charge in [-0.3, -0.25) is 4.79 Å². The van der Waals surface area contributed by atoms with Gasteiger partial charge in [0.25, 0.3) is 5.91 Å². The number of benzene rings is 2. The first-order chi connectivity index (χ1) is 9.49. The maximum absolute atomic E-state index is 12.2. The Labute approximate surface area is 134 Å². The summed E-state index contributed by atoms with van der Waals surface area (Å²) < 4.78 is 1.76. The summed E-state index contributed by atoms with van der Waals surface area (Å²) in [6, 6.07) is 12.9. The van der Waals surface area contributed by atoms with Gasteiger partial charge < -0.3 is 11.1 Å². The van der Waals surface area contributed by atoms with Crippen molar-refractivity contribution in [3.8, 4) is 0 Å². The molecular weight excluding hydrogens is 384 g/mol. The number of halogens is 2. The molecule has 0 saturated carbocycles. The second-order valence-corrected chi connectivity index (χ2v) is 6.16. The second kappa shape index (κ2) is 6.41. The normalized spacial score (nSPS) is 11.9. The molecule has 0 aliphatic heterocycles. The van der Waals surface area contributed by atoms with Gasteiger partial charge in [0.2, 0.25) is 0 Å². The number of carbonyl (C=O) groups is 1. The van der Waals surface area contributed by atoms with E-state index in [4.69, 9.17) is 5.73 Å². The standard InChI is InChI=1S/C15H14Br2N2O/c1-9(11-4-2-3-5-12(11)16)19-15(20)10-6-7-13(17)14(18)8-10/h2-9H,18H2,1H3,(H,19,20)/t9-/m0/s1. The molecule has 104 valence electrons. The summed E-state index contributed by atoms with van der Waals surface area (Å²) in [6.07, 6.45) is 0. The zero-order valence-electron chi connectivity index (χ0n) is 10.9. The first kappa shape index (κ1) is 15.1. The van der Waals surface area contributed by atoms with E-state index in [1.54, 1.807) is 18.2 Å². The third-order valence-corrected chi connectivity index (χ3v) is 4.42. The average molecular weight is 398 g/mol. The summed E-state index contributed by atoms with van der Waals surface area (Å²) in [4.78, 5) is 12.2. The topological polar surface area (TPSA) is 55.1 Å². The molecule has 3 N–H and O–H groups in total. The van der Waals surface area contributed by atoms with Gasteiger partial charge in [-0.1, -0.05) is 34.1 Å². The summed E-state index contributed by atoms with van der Waals surface area (Å²) in [7, 11) is 0. The van der Waals surface area contributed by atoms with Crippen molar-refractivity contribution in [2.45, 2.75) is 13.0 Å². The number of amides is 1. The number of rotatable bonds is 3. The van der Waals surface area contributed by atoms with Gasteiger partial charge in [-0.2, -0.15) is 0 Å². The molecule has 0 unspecified atom stereocenters. The van der Waals surface area contributed by atoms with Crippen LogP contribution in [0.2, 0.25) is 0 Å². The van der Waals surface area contributed by atoms with Gasteiger partial charge in [-0.05, 0) is 52.7 Å². The molecule has 2 aromatic carbocycles. The Morgan fingerprint density at radius 1 is 1.15 bits per heavy atom. The van der Waals surface area contributed by atoms with Crippen molar-refractivity contribution < 1.29 is 4.79 Å². The lowest BCUT2D eigenvalue weighted by atomic mass is 10.1. The highest BCUT2D eigenvalue weighted by atomic mass is 79.9. The van der Waals surface area contributed by atoms with E-state index >= 15 is 0 Å². The van der Waals surface area contributed by atoms with E-state index in [1.807, 2.05) is 31.2 Å². The Balaban J connectivity index is 2.15. The van der Waals surface area contributed by atoms with Crippen LogP contribution in [0.15, 0.2) is 51.4 Å². The summed E-state index contributed by atoms with van der Waals surface area (Å²) >= 11 is 6.80. The van der Waals surface area contributed by atoms with Gasteiger partial charge in [-0.15, -0.1) is 0 Å². The van der Waals surface area contributed by atoms with Crippen LogP contribution in [-0.2, 0) is 0 Å². The third kappa shape index (κ3) is 3.41. The summed E-state index contributed by atoms with van der Waals surface area (Å²) in [5, 5.41) is 2.96. The SMILES string of the molecule is C[C@H](NC(=O)c1ccc(Br)c(N)c1)c1ccccc1Br. The first-order valence-electron chi connectivity index (χ1n) is 6.09. The van der Waals surface area contributed by atoms with Gasteiger partial charge in [0.05, 0.1) is 6.04 Å². The number of hydrogen-bond acceptors (Lipinski definition) is 2. The molecule has 1 amide bonds. The predicted octanol–water partition coefficient (Wildman–Crippen LogP) is 4.28. The van der Waals surface area contributed by atoms with E-state index < -0.39 is 0 Å². The van der Waals surface area contributed by atoms with E-state index in [1.165, 1.54) is 0 Å². The maximum Gasteiger partial charge on any atom is 0.251 e. The Hall–Kier alpha value is -1.33. The minimum Gasteiger partial charge on any atom is -0.398 e. The molecule has 0 heterocycles. The van der Waals surface area contributed by atoms with Crippen molar-refractivity contribution >= 4 is 43.5 Å². The number of nitrogens with one attached hydrogen (secondary N) is 1. The fourth-order valence-corrected chi connectivity index (χ4v) is 2.74. The van der Waals surface area contributed by atoms with Gasteiger partial charge >= 0.3 is 0 Å². The Kier molecular flexibility index (Phi) is 4.83. The van der Waals surface area contributed by atoms with Crippen LogP contribution in [0, 0.1) is 0 Å². The molecule has 5 heteroatoms. The van der Waals surface area contributed by atoms with Gasteiger partial charge in [0.1, 0.15) is 0 Å². The zero-order valence-corrected chi connectivity index (χ0v) is 14.0. The molecule has 0 aliphatic rings. The van der Waals surface area contributed by atoms with Gasteiger partial charge in [0.15, 0.2) is 0 Å². The fourth-order valence-electron chi connectivity index (χ4n) is 1.87. The van der Waals surface area contributed by atoms with E-state index in [0.29, 0.717) is 11.3 Å². The number of anilines is 1. The van der Waals surface area contributed by atoms with Crippen LogP contribution in [-0.4, -0.2) is 5.91 Å². The van der Waals surface area contributed by atoms with E-state index in [-0.39, 0.29) is 11.9 Å². The maximum atomic E-state index is 12.2. The quantitative estimate of drug-likeness (QED) is 0.759. The Morgan fingerprint density at radius 3 is 2.50 bits per heavy atom. The lowest BCUT2D eigenvalue weighted by Gasteiger charge is -2.16. The molecule has 0 bridgehead atoms. The van der Waals surface area contributed by atoms with E-state index in [9.17, 15) is 4.79 Å². The fraction of sp³-hybridized carbons (Fsp3) is 0.133.